The van der Waals surface area contributed by atoms with Crippen molar-refractivity contribution in [2.75, 3.05) is 18.4 Å². The number of likely N-dealkylation sites (tertiary alicyclic amines) is 1. The smallest absolute Gasteiger partial charge is 0.219 e. The van der Waals surface area contributed by atoms with E-state index in [0.29, 0.717) is 35.1 Å². The lowest BCUT2D eigenvalue weighted by Crippen LogP contribution is -2.38. The molecule has 1 amide bonds. The van der Waals surface area contributed by atoms with Crippen LogP contribution in [0.5, 0.6) is 5.75 Å². The van der Waals surface area contributed by atoms with E-state index in [0.717, 1.165) is 19.4 Å². The average Bonchev–Trinajstić information content (AvgIpc) is 2.73. The maximum atomic E-state index is 13.6. The van der Waals surface area contributed by atoms with Crippen LogP contribution in [0.2, 0.25) is 0 Å². The quantitative estimate of drug-likeness (QED) is 0.683. The van der Waals surface area contributed by atoms with Gasteiger partial charge in [0.05, 0.1) is 11.9 Å². The van der Waals surface area contributed by atoms with Gasteiger partial charge in [-0.3, -0.25) is 9.78 Å². The van der Waals surface area contributed by atoms with Crippen molar-refractivity contribution in [2.24, 2.45) is 0 Å². The Kier molecular flexibility index (Phi) is 5.56. The molecule has 0 aliphatic carbocycles. The summed E-state index contributed by atoms with van der Waals surface area (Å²) < 4.78 is 13.6. The van der Waals surface area contributed by atoms with E-state index in [1.54, 1.807) is 42.3 Å². The van der Waals surface area contributed by atoms with Crippen LogP contribution in [0.1, 0.15) is 31.5 Å². The summed E-state index contributed by atoms with van der Waals surface area (Å²) in [4.78, 5) is 27.0. The number of piperidine rings is 1. The molecule has 1 saturated heterocycles. The van der Waals surface area contributed by atoms with Crippen molar-refractivity contribution in [3.8, 4) is 17.0 Å². The summed E-state index contributed by atoms with van der Waals surface area (Å²) in [5.41, 5.74) is 1.79. The molecule has 154 valence electrons. The van der Waals surface area contributed by atoms with Crippen LogP contribution in [0.25, 0.3) is 11.3 Å². The predicted molar refractivity (Wildman–Crippen MR) is 111 cm³/mol. The minimum Gasteiger partial charge on any atom is -0.506 e. The summed E-state index contributed by atoms with van der Waals surface area (Å²) >= 11 is 0. The fourth-order valence-electron chi connectivity index (χ4n) is 3.62. The molecule has 8 heteroatoms. The number of anilines is 2. The number of aromatic nitrogens is 3. The number of carbonyl (C=O) groups is 1. The van der Waals surface area contributed by atoms with E-state index in [1.165, 1.54) is 18.3 Å². The van der Waals surface area contributed by atoms with Crippen molar-refractivity contribution in [3.05, 3.63) is 60.4 Å². The van der Waals surface area contributed by atoms with Crippen LogP contribution in [0, 0.1) is 5.82 Å². The van der Waals surface area contributed by atoms with Gasteiger partial charge in [-0.15, -0.1) is 0 Å². The lowest BCUT2D eigenvalue weighted by Gasteiger charge is -2.31. The number of benzene rings is 1. The van der Waals surface area contributed by atoms with Gasteiger partial charge in [0.1, 0.15) is 23.2 Å². The Morgan fingerprint density at radius 2 is 2.10 bits per heavy atom. The molecule has 0 saturated carbocycles. The Morgan fingerprint density at radius 1 is 1.23 bits per heavy atom. The zero-order valence-electron chi connectivity index (χ0n) is 16.5. The third-order valence-electron chi connectivity index (χ3n) is 5.09. The number of hydrogen-bond donors (Lipinski definition) is 2. The largest absolute Gasteiger partial charge is 0.506 e. The Hall–Kier alpha value is -3.55. The third-order valence-corrected chi connectivity index (χ3v) is 5.09. The lowest BCUT2D eigenvalue weighted by atomic mass is 9.97. The Morgan fingerprint density at radius 3 is 2.87 bits per heavy atom. The molecule has 2 aromatic heterocycles. The van der Waals surface area contributed by atoms with Crippen LogP contribution < -0.4 is 5.32 Å². The number of nitrogens with zero attached hydrogens (tertiary/aromatic N) is 4. The van der Waals surface area contributed by atoms with Gasteiger partial charge in [-0.1, -0.05) is 6.07 Å². The molecule has 1 aliphatic rings. The standard InChI is InChI=1S/C22H22FN5O2/c1-14(29)28-7-3-4-15(13-28)22-26-20(16-8-19(30)12-24-11-16)10-21(27-22)25-18-6-2-5-17(23)9-18/h2,5-6,8-12,15,30H,3-4,7,13H2,1H3,(H,25,26,27). The Balaban J connectivity index is 1.73. The van der Waals surface area contributed by atoms with E-state index in [1.807, 2.05) is 0 Å². The molecular weight excluding hydrogens is 385 g/mol. The second kappa shape index (κ2) is 8.44. The topological polar surface area (TPSA) is 91.2 Å². The van der Waals surface area contributed by atoms with E-state index in [9.17, 15) is 14.3 Å². The number of nitrogens with one attached hydrogen (secondary N) is 1. The number of hydrogen-bond acceptors (Lipinski definition) is 6. The van der Waals surface area contributed by atoms with E-state index in [2.05, 4.69) is 15.3 Å². The van der Waals surface area contributed by atoms with Crippen molar-refractivity contribution in [1.82, 2.24) is 19.9 Å². The van der Waals surface area contributed by atoms with Gasteiger partial charge < -0.3 is 15.3 Å². The highest BCUT2D eigenvalue weighted by molar-refractivity contribution is 5.73. The van der Waals surface area contributed by atoms with Gasteiger partial charge in [0.25, 0.3) is 0 Å². The molecule has 3 heterocycles. The second-order valence-corrected chi connectivity index (χ2v) is 7.37. The maximum Gasteiger partial charge on any atom is 0.219 e. The summed E-state index contributed by atoms with van der Waals surface area (Å²) in [5, 5.41) is 12.9. The molecule has 0 spiro atoms. The molecule has 4 rings (SSSR count). The van der Waals surface area contributed by atoms with Gasteiger partial charge in [-0.25, -0.2) is 14.4 Å². The molecule has 3 aromatic rings. The molecule has 2 N–H and O–H groups in total. The zero-order chi connectivity index (χ0) is 21.1. The van der Waals surface area contributed by atoms with E-state index in [-0.39, 0.29) is 23.4 Å². The highest BCUT2D eigenvalue weighted by Gasteiger charge is 2.26. The van der Waals surface area contributed by atoms with Crippen LogP contribution in [-0.4, -0.2) is 44.0 Å². The third kappa shape index (κ3) is 4.53. The molecule has 0 bridgehead atoms. The van der Waals surface area contributed by atoms with Crippen molar-refractivity contribution in [3.63, 3.8) is 0 Å². The van der Waals surface area contributed by atoms with Crippen molar-refractivity contribution in [1.29, 1.82) is 0 Å². The first kappa shape index (κ1) is 19.8. The molecule has 1 aromatic carbocycles. The molecular formula is C22H22FN5O2. The van der Waals surface area contributed by atoms with Crippen molar-refractivity contribution < 1.29 is 14.3 Å². The van der Waals surface area contributed by atoms with Gasteiger partial charge >= 0.3 is 0 Å². The monoisotopic (exact) mass is 407 g/mol. The predicted octanol–water partition coefficient (Wildman–Crippen LogP) is 3.85. The van der Waals surface area contributed by atoms with E-state index < -0.39 is 0 Å². The average molecular weight is 407 g/mol. The number of pyridine rings is 1. The van der Waals surface area contributed by atoms with Crippen LogP contribution in [0.3, 0.4) is 0 Å². The minimum absolute atomic E-state index is 0.0130. The number of carbonyl (C=O) groups excluding carboxylic acids is 1. The number of aromatic hydroxyl groups is 1. The minimum atomic E-state index is -0.351. The summed E-state index contributed by atoms with van der Waals surface area (Å²) in [7, 11) is 0. The number of amides is 1. The summed E-state index contributed by atoms with van der Waals surface area (Å²) in [5.74, 6) is 0.806. The van der Waals surface area contributed by atoms with Gasteiger partial charge in [0, 0.05) is 49.4 Å². The Labute approximate surface area is 173 Å². The fourth-order valence-corrected chi connectivity index (χ4v) is 3.62. The fraction of sp³-hybridized carbons (Fsp3) is 0.273. The highest BCUT2D eigenvalue weighted by Crippen LogP contribution is 2.30. The van der Waals surface area contributed by atoms with E-state index in [4.69, 9.17) is 4.98 Å². The summed E-state index contributed by atoms with van der Waals surface area (Å²) in [6.45, 7) is 2.85. The first-order valence-corrected chi connectivity index (χ1v) is 9.79. The van der Waals surface area contributed by atoms with Crippen molar-refractivity contribution >= 4 is 17.4 Å². The van der Waals surface area contributed by atoms with Gasteiger partial charge in [0.2, 0.25) is 5.91 Å². The van der Waals surface area contributed by atoms with Crippen molar-refractivity contribution in [2.45, 2.75) is 25.7 Å². The van der Waals surface area contributed by atoms with E-state index >= 15 is 0 Å². The van der Waals surface area contributed by atoms with Gasteiger partial charge in [-0.05, 0) is 37.1 Å². The van der Waals surface area contributed by atoms with Crippen LogP contribution in [0.15, 0.2) is 48.8 Å². The lowest BCUT2D eigenvalue weighted by molar-refractivity contribution is -0.130. The molecule has 1 aliphatic heterocycles. The second-order valence-electron chi connectivity index (χ2n) is 7.37. The van der Waals surface area contributed by atoms with Gasteiger partial charge in [0.15, 0.2) is 0 Å². The first-order valence-electron chi connectivity index (χ1n) is 9.79. The molecule has 1 fully saturated rings. The van der Waals surface area contributed by atoms with Crippen LogP contribution in [0.4, 0.5) is 15.9 Å². The highest BCUT2D eigenvalue weighted by atomic mass is 19.1. The summed E-state index contributed by atoms with van der Waals surface area (Å²) in [6.07, 6.45) is 4.70. The molecule has 30 heavy (non-hydrogen) atoms. The Bertz CT molecular complexity index is 1070. The van der Waals surface area contributed by atoms with Gasteiger partial charge in [-0.2, -0.15) is 0 Å². The SMILES string of the molecule is CC(=O)N1CCCC(c2nc(Nc3cccc(F)c3)cc(-c3cncc(O)c3)n2)C1. The number of halogens is 1. The molecule has 1 unspecified atom stereocenters. The molecule has 1 atom stereocenters. The zero-order valence-corrected chi connectivity index (χ0v) is 16.5. The van der Waals surface area contributed by atoms with Crippen LogP contribution >= 0.6 is 0 Å². The maximum absolute atomic E-state index is 13.6. The number of rotatable bonds is 4. The summed E-state index contributed by atoms with van der Waals surface area (Å²) in [6, 6.07) is 9.43. The molecule has 7 nitrogen and oxygen atoms in total. The normalized spacial score (nSPS) is 16.3. The first-order chi connectivity index (χ1) is 14.5. The molecule has 0 radical (unpaired) electrons. The van der Waals surface area contributed by atoms with Crippen LogP contribution in [-0.2, 0) is 4.79 Å².